The van der Waals surface area contributed by atoms with Crippen molar-refractivity contribution < 1.29 is 32.7 Å². The number of carbonyl (C=O) groups excluding carboxylic acids is 2. The van der Waals surface area contributed by atoms with Crippen LogP contribution in [0.2, 0.25) is 5.02 Å². The zero-order valence-electron chi connectivity index (χ0n) is 12.9. The van der Waals surface area contributed by atoms with E-state index < -0.39 is 48.9 Å². The molecule has 0 radical (unpaired) electrons. The highest BCUT2D eigenvalue weighted by atomic mass is 35.5. The van der Waals surface area contributed by atoms with Crippen LogP contribution in [0.15, 0.2) is 18.2 Å². The second-order valence-corrected chi connectivity index (χ2v) is 6.09. The van der Waals surface area contributed by atoms with E-state index in [1.54, 1.807) is 0 Å². The first kappa shape index (κ1) is 19.0. The Morgan fingerprint density at radius 3 is 2.40 bits per heavy atom. The lowest BCUT2D eigenvalue weighted by Gasteiger charge is -2.19. The summed E-state index contributed by atoms with van der Waals surface area (Å²) in [7, 11) is 0. The first-order valence-corrected chi connectivity index (χ1v) is 7.54. The van der Waals surface area contributed by atoms with Gasteiger partial charge in [0.15, 0.2) is 0 Å². The molecular weight excluding hydrogens is 365 g/mol. The molecule has 25 heavy (non-hydrogen) atoms. The summed E-state index contributed by atoms with van der Waals surface area (Å²) in [4.78, 5) is 35.5. The molecular formula is C15H14ClF3N2O4. The number of likely N-dealkylation sites (tertiary alicyclic amines) is 1. The number of nitrogens with zero attached hydrogens (tertiary/aromatic N) is 1. The van der Waals surface area contributed by atoms with Crippen molar-refractivity contribution in [1.82, 2.24) is 4.90 Å². The maximum Gasteiger partial charge on any atom is 0.394 e. The normalized spacial score (nSPS) is 20.4. The molecule has 0 unspecified atom stereocenters. The van der Waals surface area contributed by atoms with Crippen molar-refractivity contribution in [3.63, 3.8) is 0 Å². The lowest BCUT2D eigenvalue weighted by Crippen LogP contribution is -2.34. The van der Waals surface area contributed by atoms with Crippen LogP contribution in [0.25, 0.3) is 0 Å². The highest BCUT2D eigenvalue weighted by Crippen LogP contribution is 2.38. The lowest BCUT2D eigenvalue weighted by atomic mass is 9.96. The minimum atomic E-state index is -4.74. The molecule has 1 aliphatic heterocycles. The van der Waals surface area contributed by atoms with Crippen LogP contribution in [0, 0.1) is 11.8 Å². The smallest absolute Gasteiger partial charge is 0.394 e. The Balaban J connectivity index is 2.29. The van der Waals surface area contributed by atoms with Crippen LogP contribution in [0.4, 0.5) is 18.9 Å². The average molecular weight is 379 g/mol. The van der Waals surface area contributed by atoms with Crippen LogP contribution in [0.1, 0.15) is 17.3 Å². The molecule has 1 aromatic carbocycles. The molecule has 136 valence electrons. The molecule has 1 saturated heterocycles. The van der Waals surface area contributed by atoms with Gasteiger partial charge in [0.1, 0.15) is 0 Å². The molecule has 0 aliphatic carbocycles. The molecule has 0 bridgehead atoms. The van der Waals surface area contributed by atoms with E-state index in [1.165, 1.54) is 25.1 Å². The molecule has 6 nitrogen and oxygen atoms in total. The molecule has 2 amide bonds. The second kappa shape index (κ2) is 6.91. The molecule has 0 saturated carbocycles. The van der Waals surface area contributed by atoms with Gasteiger partial charge in [-0.05, 0) is 18.2 Å². The van der Waals surface area contributed by atoms with Gasteiger partial charge < -0.3 is 15.3 Å². The highest BCUT2D eigenvalue weighted by molar-refractivity contribution is 6.34. The number of benzene rings is 1. The van der Waals surface area contributed by atoms with E-state index in [9.17, 15) is 27.6 Å². The lowest BCUT2D eigenvalue weighted by molar-refractivity contribution is -0.187. The average Bonchev–Trinajstić information content (AvgIpc) is 2.93. The number of carboxylic acid groups (broad SMARTS) is 1. The van der Waals surface area contributed by atoms with E-state index in [4.69, 9.17) is 16.7 Å². The van der Waals surface area contributed by atoms with Crippen LogP contribution in [0.5, 0.6) is 0 Å². The Morgan fingerprint density at radius 1 is 1.28 bits per heavy atom. The number of amides is 2. The van der Waals surface area contributed by atoms with Gasteiger partial charge >= 0.3 is 12.1 Å². The minimum Gasteiger partial charge on any atom is -0.481 e. The van der Waals surface area contributed by atoms with Crippen molar-refractivity contribution in [2.75, 3.05) is 18.4 Å². The van der Waals surface area contributed by atoms with Gasteiger partial charge in [0.05, 0.1) is 22.4 Å². The number of carbonyl (C=O) groups is 3. The molecule has 1 aliphatic rings. The Kier molecular flexibility index (Phi) is 5.26. The zero-order chi connectivity index (χ0) is 18.9. The van der Waals surface area contributed by atoms with Gasteiger partial charge in [0.2, 0.25) is 5.91 Å². The Morgan fingerprint density at radius 2 is 1.92 bits per heavy atom. The highest BCUT2D eigenvalue weighted by Gasteiger charge is 2.53. The van der Waals surface area contributed by atoms with Crippen LogP contribution in [0.3, 0.4) is 0 Å². The van der Waals surface area contributed by atoms with Crippen LogP contribution in [-0.4, -0.2) is 47.1 Å². The topological polar surface area (TPSA) is 86.7 Å². The van der Waals surface area contributed by atoms with E-state index in [1.807, 2.05) is 0 Å². The van der Waals surface area contributed by atoms with Crippen molar-refractivity contribution in [2.45, 2.75) is 13.1 Å². The van der Waals surface area contributed by atoms with Gasteiger partial charge in [-0.25, -0.2) is 0 Å². The number of anilines is 1. The number of hydrogen-bond donors (Lipinski definition) is 2. The Labute approximate surface area is 145 Å². The Bertz CT molecular complexity index is 723. The molecule has 0 spiro atoms. The summed E-state index contributed by atoms with van der Waals surface area (Å²) in [5, 5.41) is 11.4. The summed E-state index contributed by atoms with van der Waals surface area (Å²) in [5.74, 6) is -6.72. The molecule has 2 rings (SSSR count). The number of rotatable bonds is 3. The monoisotopic (exact) mass is 378 g/mol. The fourth-order valence-corrected chi connectivity index (χ4v) is 2.89. The van der Waals surface area contributed by atoms with Crippen LogP contribution >= 0.6 is 11.6 Å². The summed E-state index contributed by atoms with van der Waals surface area (Å²) in [6.07, 6.45) is -4.74. The molecule has 0 aromatic heterocycles. The SMILES string of the molecule is CC(=O)Nc1ccc(Cl)c(C(=O)N2C[C@@H](C(F)(F)F)[C@H](C(=O)O)C2)c1. The predicted octanol–water partition coefficient (Wildman–Crippen LogP) is 2.63. The maximum absolute atomic E-state index is 13.0. The van der Waals surface area contributed by atoms with Gasteiger partial charge in [-0.1, -0.05) is 11.6 Å². The first-order valence-electron chi connectivity index (χ1n) is 7.16. The van der Waals surface area contributed by atoms with Gasteiger partial charge in [-0.3, -0.25) is 14.4 Å². The van der Waals surface area contributed by atoms with E-state index in [0.717, 1.165) is 4.90 Å². The van der Waals surface area contributed by atoms with Crippen molar-refractivity contribution >= 4 is 35.1 Å². The molecule has 2 atom stereocenters. The molecule has 1 fully saturated rings. The summed E-state index contributed by atoms with van der Waals surface area (Å²) in [5.41, 5.74) is 0.140. The number of halogens is 4. The fourth-order valence-electron chi connectivity index (χ4n) is 2.69. The van der Waals surface area contributed by atoms with Crippen molar-refractivity contribution in [1.29, 1.82) is 0 Å². The van der Waals surface area contributed by atoms with E-state index in [-0.39, 0.29) is 16.3 Å². The number of alkyl halides is 3. The Hall–Kier alpha value is -2.29. The number of hydrogen-bond acceptors (Lipinski definition) is 3. The van der Waals surface area contributed by atoms with E-state index in [2.05, 4.69) is 5.32 Å². The fraction of sp³-hybridized carbons (Fsp3) is 0.400. The first-order chi connectivity index (χ1) is 11.5. The van der Waals surface area contributed by atoms with Gasteiger partial charge in [-0.2, -0.15) is 13.2 Å². The molecule has 1 heterocycles. The van der Waals surface area contributed by atoms with Crippen LogP contribution < -0.4 is 5.32 Å². The third kappa shape index (κ3) is 4.22. The second-order valence-electron chi connectivity index (χ2n) is 5.68. The van der Waals surface area contributed by atoms with Crippen LogP contribution in [-0.2, 0) is 9.59 Å². The van der Waals surface area contributed by atoms with Gasteiger partial charge in [0, 0.05) is 25.7 Å². The largest absolute Gasteiger partial charge is 0.481 e. The standard InChI is InChI=1S/C15H14ClF3N2O4/c1-7(22)20-8-2-3-12(16)9(4-8)13(23)21-5-10(14(24)25)11(6-21)15(17,18)19/h2-4,10-11H,5-6H2,1H3,(H,20,22)(H,24,25)/t10-,11-/m1/s1. The summed E-state index contributed by atoms with van der Waals surface area (Å²) < 4.78 is 39.1. The predicted molar refractivity (Wildman–Crippen MR) is 82.3 cm³/mol. The minimum absolute atomic E-state index is 0.0126. The quantitative estimate of drug-likeness (QED) is 0.846. The molecule has 2 N–H and O–H groups in total. The number of nitrogens with one attached hydrogen (secondary N) is 1. The van der Waals surface area contributed by atoms with E-state index in [0.29, 0.717) is 0 Å². The molecule has 10 heteroatoms. The van der Waals surface area contributed by atoms with E-state index >= 15 is 0 Å². The van der Waals surface area contributed by atoms with Crippen molar-refractivity contribution in [2.24, 2.45) is 11.8 Å². The zero-order valence-corrected chi connectivity index (χ0v) is 13.7. The third-order valence-electron chi connectivity index (χ3n) is 3.86. The van der Waals surface area contributed by atoms with Gasteiger partial charge in [-0.15, -0.1) is 0 Å². The van der Waals surface area contributed by atoms with Crippen molar-refractivity contribution in [3.8, 4) is 0 Å². The maximum atomic E-state index is 13.0. The summed E-state index contributed by atoms with van der Waals surface area (Å²) in [6, 6.07) is 4.00. The summed E-state index contributed by atoms with van der Waals surface area (Å²) >= 11 is 5.93. The molecule has 1 aromatic rings. The summed E-state index contributed by atoms with van der Waals surface area (Å²) in [6.45, 7) is -0.0824. The number of carboxylic acids is 1. The number of aliphatic carboxylic acids is 1. The van der Waals surface area contributed by atoms with Crippen molar-refractivity contribution in [3.05, 3.63) is 28.8 Å². The third-order valence-corrected chi connectivity index (χ3v) is 4.19. The van der Waals surface area contributed by atoms with Gasteiger partial charge in [0.25, 0.3) is 5.91 Å².